The van der Waals surface area contributed by atoms with Gasteiger partial charge in [0, 0.05) is 0 Å². The van der Waals surface area contributed by atoms with Crippen LogP contribution in [-0.2, 0) is 35.8 Å². The number of sulfonamides is 1. The molecule has 2 aliphatic rings. The van der Waals surface area contributed by atoms with Crippen LogP contribution < -0.4 is 4.31 Å². The summed E-state index contributed by atoms with van der Waals surface area (Å²) in [7, 11) is -3.65. The molecule has 4 heteroatoms. The van der Waals surface area contributed by atoms with Crippen LogP contribution >= 0.6 is 0 Å². The number of aryl methyl sites for hydroxylation is 3. The van der Waals surface area contributed by atoms with Gasteiger partial charge in [0.25, 0.3) is 10.0 Å². The van der Waals surface area contributed by atoms with Crippen molar-refractivity contribution in [3.8, 4) is 0 Å². The Morgan fingerprint density at radius 2 is 1.41 bits per heavy atom. The van der Waals surface area contributed by atoms with Gasteiger partial charge in [-0.15, -0.1) is 0 Å². The van der Waals surface area contributed by atoms with Crippen molar-refractivity contribution in [1.29, 1.82) is 0 Å². The number of anilines is 1. The topological polar surface area (TPSA) is 37.4 Å². The molecule has 0 atom stereocenters. The zero-order valence-corrected chi connectivity index (χ0v) is 17.5. The van der Waals surface area contributed by atoms with Gasteiger partial charge in [-0.25, -0.2) is 8.42 Å². The molecule has 0 bridgehead atoms. The van der Waals surface area contributed by atoms with E-state index in [2.05, 4.69) is 24.3 Å². The molecule has 3 aromatic rings. The lowest BCUT2D eigenvalue weighted by atomic mass is 9.88. The third kappa shape index (κ3) is 3.25. The Morgan fingerprint density at radius 1 is 0.759 bits per heavy atom. The van der Waals surface area contributed by atoms with Crippen LogP contribution in [0.15, 0.2) is 65.6 Å². The maximum Gasteiger partial charge on any atom is 0.264 e. The highest BCUT2D eigenvalue weighted by Crippen LogP contribution is 2.38. The number of fused-ring (bicyclic) bond motifs is 3. The van der Waals surface area contributed by atoms with E-state index in [1.807, 2.05) is 31.2 Å². The molecule has 0 aromatic heterocycles. The van der Waals surface area contributed by atoms with Crippen molar-refractivity contribution < 1.29 is 8.42 Å². The Balaban J connectivity index is 1.71. The van der Waals surface area contributed by atoms with Gasteiger partial charge in [-0.3, -0.25) is 4.31 Å². The summed E-state index contributed by atoms with van der Waals surface area (Å²) in [6.07, 6.45) is 5.30. The van der Waals surface area contributed by atoms with Crippen LogP contribution in [-0.4, -0.2) is 8.42 Å². The van der Waals surface area contributed by atoms with E-state index in [0.29, 0.717) is 11.4 Å². The van der Waals surface area contributed by atoms with Crippen molar-refractivity contribution in [2.75, 3.05) is 4.31 Å². The van der Waals surface area contributed by atoms with Gasteiger partial charge in [0.1, 0.15) is 0 Å². The lowest BCUT2D eigenvalue weighted by Crippen LogP contribution is -2.31. The van der Waals surface area contributed by atoms with Gasteiger partial charge < -0.3 is 0 Å². The fourth-order valence-corrected chi connectivity index (χ4v) is 6.05. The third-order valence-corrected chi connectivity index (χ3v) is 8.01. The molecule has 0 N–H and O–H groups in total. The lowest BCUT2D eigenvalue weighted by molar-refractivity contribution is 0.590. The zero-order chi connectivity index (χ0) is 20.0. The van der Waals surface area contributed by atoms with Gasteiger partial charge in [-0.2, -0.15) is 0 Å². The second kappa shape index (κ2) is 7.03. The van der Waals surface area contributed by atoms with Crippen molar-refractivity contribution in [3.05, 3.63) is 94.0 Å². The number of benzene rings is 3. The number of rotatable bonds is 2. The Morgan fingerprint density at radius 3 is 2.14 bits per heavy atom. The molecular weight excluding hydrogens is 378 g/mol. The molecular formula is C25H25NO2S. The summed E-state index contributed by atoms with van der Waals surface area (Å²) in [5, 5.41) is 0. The minimum Gasteiger partial charge on any atom is -0.262 e. The summed E-state index contributed by atoms with van der Waals surface area (Å²) < 4.78 is 29.1. The highest BCUT2D eigenvalue weighted by Gasteiger charge is 2.31. The molecule has 1 heterocycles. The molecule has 0 saturated carbocycles. The molecule has 3 aromatic carbocycles. The van der Waals surface area contributed by atoms with Gasteiger partial charge in [-0.05, 0) is 85.0 Å². The quantitative estimate of drug-likeness (QED) is 0.592. The molecule has 0 spiro atoms. The first-order valence-electron chi connectivity index (χ1n) is 10.3. The van der Waals surface area contributed by atoms with Gasteiger partial charge >= 0.3 is 0 Å². The SMILES string of the molecule is Cc1ccc(S(=O)(=O)N2Cc3ccccc3Cc3cc4c(cc32)CCCC4)cc1. The Kier molecular flexibility index (Phi) is 4.47. The average molecular weight is 404 g/mol. The summed E-state index contributed by atoms with van der Waals surface area (Å²) in [4.78, 5) is 0.353. The van der Waals surface area contributed by atoms with E-state index in [4.69, 9.17) is 0 Å². The minimum atomic E-state index is -3.65. The van der Waals surface area contributed by atoms with Crippen LogP contribution in [0.4, 0.5) is 5.69 Å². The Labute approximate surface area is 173 Å². The molecule has 0 saturated heterocycles. The summed E-state index contributed by atoms with van der Waals surface area (Å²) in [5.74, 6) is 0. The molecule has 0 fully saturated rings. The van der Waals surface area contributed by atoms with Crippen LogP contribution in [0.5, 0.6) is 0 Å². The highest BCUT2D eigenvalue weighted by atomic mass is 32.2. The van der Waals surface area contributed by atoms with Crippen LogP contribution in [0.25, 0.3) is 0 Å². The van der Waals surface area contributed by atoms with Crippen molar-refractivity contribution in [3.63, 3.8) is 0 Å². The highest BCUT2D eigenvalue weighted by molar-refractivity contribution is 7.92. The molecule has 1 aliphatic heterocycles. The fraction of sp³-hybridized carbons (Fsp3) is 0.280. The van der Waals surface area contributed by atoms with E-state index in [0.717, 1.165) is 41.6 Å². The first kappa shape index (κ1) is 18.4. The predicted octanol–water partition coefficient (Wildman–Crippen LogP) is 5.17. The largest absolute Gasteiger partial charge is 0.264 e. The maximum absolute atomic E-state index is 13.7. The fourth-order valence-electron chi connectivity index (χ4n) is 4.58. The van der Waals surface area contributed by atoms with Crippen molar-refractivity contribution in [1.82, 2.24) is 0 Å². The van der Waals surface area contributed by atoms with E-state index in [-0.39, 0.29) is 0 Å². The smallest absolute Gasteiger partial charge is 0.262 e. The van der Waals surface area contributed by atoms with Gasteiger partial charge in [0.15, 0.2) is 0 Å². The number of hydrogen-bond donors (Lipinski definition) is 0. The molecule has 1 aliphatic carbocycles. The van der Waals surface area contributed by atoms with Gasteiger partial charge in [-0.1, -0.05) is 48.0 Å². The van der Waals surface area contributed by atoms with Crippen molar-refractivity contribution in [2.45, 2.75) is 50.5 Å². The standard InChI is InChI=1S/C25H25NO2S/c1-18-10-12-24(13-11-18)29(27,28)26-17-22-9-5-4-7-20(22)15-23-14-19-6-2-3-8-21(19)16-25(23)26/h4-5,7,9-14,16H,2-3,6,8,15,17H2,1H3. The molecule has 0 amide bonds. The minimum absolute atomic E-state index is 0.353. The summed E-state index contributed by atoms with van der Waals surface area (Å²) in [6, 6.07) is 19.8. The average Bonchev–Trinajstić information content (AvgIpc) is 2.89. The zero-order valence-electron chi connectivity index (χ0n) is 16.7. The van der Waals surface area contributed by atoms with Crippen LogP contribution in [0.2, 0.25) is 0 Å². The molecule has 5 rings (SSSR count). The Hall–Kier alpha value is -2.59. The lowest BCUT2D eigenvalue weighted by Gasteiger charge is -2.27. The first-order valence-corrected chi connectivity index (χ1v) is 11.8. The Bertz CT molecular complexity index is 1180. The summed E-state index contributed by atoms with van der Waals surface area (Å²) in [5.41, 5.74) is 8.02. The van der Waals surface area contributed by atoms with E-state index in [1.165, 1.54) is 29.5 Å². The maximum atomic E-state index is 13.7. The molecule has 0 unspecified atom stereocenters. The normalized spacial score (nSPS) is 15.8. The molecule has 148 valence electrons. The van der Waals surface area contributed by atoms with E-state index in [9.17, 15) is 8.42 Å². The van der Waals surface area contributed by atoms with Crippen LogP contribution in [0, 0.1) is 6.92 Å². The van der Waals surface area contributed by atoms with Gasteiger partial charge in [0.2, 0.25) is 0 Å². The second-order valence-electron chi connectivity index (χ2n) is 8.23. The third-order valence-electron chi connectivity index (χ3n) is 6.23. The van der Waals surface area contributed by atoms with E-state index < -0.39 is 10.0 Å². The molecule has 29 heavy (non-hydrogen) atoms. The molecule has 3 nitrogen and oxygen atoms in total. The summed E-state index contributed by atoms with van der Waals surface area (Å²) >= 11 is 0. The van der Waals surface area contributed by atoms with Crippen LogP contribution in [0.3, 0.4) is 0 Å². The molecule has 0 radical (unpaired) electrons. The van der Waals surface area contributed by atoms with Crippen molar-refractivity contribution >= 4 is 15.7 Å². The van der Waals surface area contributed by atoms with E-state index >= 15 is 0 Å². The monoisotopic (exact) mass is 403 g/mol. The van der Waals surface area contributed by atoms with Crippen molar-refractivity contribution in [2.24, 2.45) is 0 Å². The van der Waals surface area contributed by atoms with Crippen LogP contribution in [0.1, 0.15) is 46.2 Å². The number of nitrogens with zero attached hydrogens (tertiary/aromatic N) is 1. The number of hydrogen-bond acceptors (Lipinski definition) is 2. The summed E-state index contributed by atoms with van der Waals surface area (Å²) in [6.45, 7) is 2.35. The predicted molar refractivity (Wildman–Crippen MR) is 117 cm³/mol. The van der Waals surface area contributed by atoms with E-state index in [1.54, 1.807) is 16.4 Å². The first-order chi connectivity index (χ1) is 14.0. The van der Waals surface area contributed by atoms with Gasteiger partial charge in [0.05, 0.1) is 17.1 Å². The second-order valence-corrected chi connectivity index (χ2v) is 10.1.